The molecule has 4 nitrogen and oxygen atoms in total. The molecule has 0 aliphatic heterocycles. The van der Waals surface area contributed by atoms with Gasteiger partial charge in [-0.3, -0.25) is 4.79 Å². The number of hydrogen-bond donors (Lipinski definition) is 3. The van der Waals surface area contributed by atoms with Crippen LogP contribution in [0.3, 0.4) is 0 Å². The zero-order chi connectivity index (χ0) is 14.4. The monoisotopic (exact) mass is 276 g/mol. The Morgan fingerprint density at radius 1 is 1.30 bits per heavy atom. The van der Waals surface area contributed by atoms with Crippen molar-refractivity contribution < 1.29 is 9.90 Å². The van der Waals surface area contributed by atoms with Crippen molar-refractivity contribution in [2.45, 2.75) is 38.5 Å². The van der Waals surface area contributed by atoms with Crippen molar-refractivity contribution in [3.05, 3.63) is 29.8 Å². The Labute approximate surface area is 120 Å². The van der Waals surface area contributed by atoms with Gasteiger partial charge in [0.15, 0.2) is 0 Å². The second kappa shape index (κ2) is 6.75. The summed E-state index contributed by atoms with van der Waals surface area (Å²) in [5.41, 5.74) is 6.83. The Balaban J connectivity index is 1.85. The number of benzene rings is 1. The molecule has 20 heavy (non-hydrogen) atoms. The molecule has 1 aromatic rings. The zero-order valence-electron chi connectivity index (χ0n) is 11.9. The molecule has 1 aliphatic carbocycles. The second-order valence-corrected chi connectivity index (χ2v) is 5.89. The lowest BCUT2D eigenvalue weighted by Crippen LogP contribution is -2.44. The van der Waals surface area contributed by atoms with Gasteiger partial charge in [0.2, 0.25) is 5.91 Å². The van der Waals surface area contributed by atoms with Crippen LogP contribution in [0.15, 0.2) is 24.3 Å². The van der Waals surface area contributed by atoms with Crippen LogP contribution >= 0.6 is 0 Å². The van der Waals surface area contributed by atoms with Gasteiger partial charge in [-0.05, 0) is 42.5 Å². The summed E-state index contributed by atoms with van der Waals surface area (Å²) >= 11 is 0. The van der Waals surface area contributed by atoms with Crippen molar-refractivity contribution in [2.24, 2.45) is 11.1 Å². The number of nitrogens with two attached hydrogens (primary N) is 1. The van der Waals surface area contributed by atoms with Crippen LogP contribution in [0, 0.1) is 5.41 Å². The van der Waals surface area contributed by atoms with Crippen LogP contribution in [0.2, 0.25) is 0 Å². The fourth-order valence-electron chi connectivity index (χ4n) is 2.96. The molecule has 1 amide bonds. The lowest BCUT2D eigenvalue weighted by molar-refractivity contribution is -0.121. The molecule has 0 unspecified atom stereocenters. The predicted octanol–water partition coefficient (Wildman–Crippen LogP) is 1.96. The van der Waals surface area contributed by atoms with Gasteiger partial charge in [0.1, 0.15) is 5.75 Å². The zero-order valence-corrected chi connectivity index (χ0v) is 11.9. The molecule has 0 spiro atoms. The number of aromatic hydroxyl groups is 1. The lowest BCUT2D eigenvalue weighted by Gasteiger charge is -2.36. The molecular formula is C16H24N2O2. The number of carbonyl (C=O) groups excluding carboxylic acids is 1. The number of nitrogens with one attached hydrogen (secondary N) is 1. The van der Waals surface area contributed by atoms with Crippen molar-refractivity contribution in [2.75, 3.05) is 13.1 Å². The Kier molecular flexibility index (Phi) is 5.01. The molecule has 0 radical (unpaired) electrons. The summed E-state index contributed by atoms with van der Waals surface area (Å²) in [6, 6.07) is 6.82. The minimum Gasteiger partial charge on any atom is -0.508 e. The van der Waals surface area contributed by atoms with Gasteiger partial charge in [-0.15, -0.1) is 0 Å². The molecule has 4 heteroatoms. The molecule has 4 N–H and O–H groups in total. The molecule has 2 rings (SSSR count). The first-order chi connectivity index (χ1) is 9.63. The van der Waals surface area contributed by atoms with E-state index < -0.39 is 0 Å². The topological polar surface area (TPSA) is 75.3 Å². The average molecular weight is 276 g/mol. The van der Waals surface area contributed by atoms with E-state index in [4.69, 9.17) is 5.73 Å². The summed E-state index contributed by atoms with van der Waals surface area (Å²) in [5, 5.41) is 12.4. The van der Waals surface area contributed by atoms with E-state index in [2.05, 4.69) is 5.32 Å². The van der Waals surface area contributed by atoms with Crippen LogP contribution in [-0.4, -0.2) is 24.1 Å². The van der Waals surface area contributed by atoms with Crippen molar-refractivity contribution in [3.8, 4) is 5.75 Å². The van der Waals surface area contributed by atoms with Gasteiger partial charge in [0.05, 0.1) is 6.42 Å². The van der Waals surface area contributed by atoms with E-state index in [0.29, 0.717) is 19.5 Å². The molecule has 0 saturated heterocycles. The van der Waals surface area contributed by atoms with Gasteiger partial charge in [0.25, 0.3) is 0 Å². The molecule has 110 valence electrons. The van der Waals surface area contributed by atoms with E-state index in [-0.39, 0.29) is 17.1 Å². The van der Waals surface area contributed by atoms with Crippen LogP contribution < -0.4 is 11.1 Å². The van der Waals surface area contributed by atoms with Gasteiger partial charge in [0, 0.05) is 6.54 Å². The first kappa shape index (κ1) is 14.9. The second-order valence-electron chi connectivity index (χ2n) is 5.89. The summed E-state index contributed by atoms with van der Waals surface area (Å²) in [6.07, 6.45) is 6.21. The van der Waals surface area contributed by atoms with E-state index >= 15 is 0 Å². The Bertz CT molecular complexity index is 454. The maximum atomic E-state index is 12.0. The van der Waals surface area contributed by atoms with Gasteiger partial charge >= 0.3 is 0 Å². The van der Waals surface area contributed by atoms with Crippen molar-refractivity contribution >= 4 is 5.91 Å². The average Bonchev–Trinajstić information content (AvgIpc) is 2.46. The van der Waals surface area contributed by atoms with E-state index in [1.165, 1.54) is 19.3 Å². The Morgan fingerprint density at radius 2 is 2.05 bits per heavy atom. The molecule has 0 aromatic heterocycles. The molecule has 0 heterocycles. The van der Waals surface area contributed by atoms with E-state index in [0.717, 1.165) is 18.4 Å². The number of phenols is 1. The minimum atomic E-state index is -0.00556. The fraction of sp³-hybridized carbons (Fsp3) is 0.562. The van der Waals surface area contributed by atoms with E-state index in [1.807, 2.05) is 6.07 Å². The molecule has 0 bridgehead atoms. The summed E-state index contributed by atoms with van der Waals surface area (Å²) in [6.45, 7) is 1.31. The van der Waals surface area contributed by atoms with Crippen molar-refractivity contribution in [1.82, 2.24) is 5.32 Å². The smallest absolute Gasteiger partial charge is 0.224 e. The third-order valence-corrected chi connectivity index (χ3v) is 4.28. The largest absolute Gasteiger partial charge is 0.508 e. The van der Waals surface area contributed by atoms with Crippen molar-refractivity contribution in [1.29, 1.82) is 0 Å². The van der Waals surface area contributed by atoms with E-state index in [9.17, 15) is 9.90 Å². The summed E-state index contributed by atoms with van der Waals surface area (Å²) in [4.78, 5) is 12.0. The summed E-state index contributed by atoms with van der Waals surface area (Å²) < 4.78 is 0. The quantitative estimate of drug-likeness (QED) is 0.769. The van der Waals surface area contributed by atoms with E-state index in [1.54, 1.807) is 18.2 Å². The molecule has 1 aromatic carbocycles. The molecule has 0 atom stereocenters. The lowest BCUT2D eigenvalue weighted by atomic mass is 9.74. The Hall–Kier alpha value is -1.55. The maximum absolute atomic E-state index is 12.0. The predicted molar refractivity (Wildman–Crippen MR) is 79.4 cm³/mol. The number of phenolic OH excluding ortho intramolecular Hbond substituents is 1. The van der Waals surface area contributed by atoms with Crippen molar-refractivity contribution in [3.63, 3.8) is 0 Å². The molecule has 1 fully saturated rings. The van der Waals surface area contributed by atoms with Crippen LogP contribution in [0.5, 0.6) is 5.75 Å². The fourth-order valence-corrected chi connectivity index (χ4v) is 2.96. The third kappa shape index (κ3) is 3.97. The number of carbonyl (C=O) groups is 1. The molecule has 1 aliphatic rings. The van der Waals surface area contributed by atoms with Gasteiger partial charge in [-0.2, -0.15) is 0 Å². The highest BCUT2D eigenvalue weighted by Gasteiger charge is 2.30. The highest BCUT2D eigenvalue weighted by molar-refractivity contribution is 5.78. The molecule has 1 saturated carbocycles. The highest BCUT2D eigenvalue weighted by Crippen LogP contribution is 2.34. The summed E-state index contributed by atoms with van der Waals surface area (Å²) in [7, 11) is 0. The first-order valence-electron chi connectivity index (χ1n) is 7.38. The van der Waals surface area contributed by atoms with Gasteiger partial charge in [-0.1, -0.05) is 31.4 Å². The van der Waals surface area contributed by atoms with Gasteiger partial charge < -0.3 is 16.2 Å². The van der Waals surface area contributed by atoms with Crippen LogP contribution in [-0.2, 0) is 11.2 Å². The normalized spacial score (nSPS) is 17.6. The standard InChI is InChI=1S/C16H24N2O2/c17-11-16(7-2-1-3-8-16)12-18-15(20)10-13-5-4-6-14(19)9-13/h4-6,9,19H,1-3,7-8,10-12,17H2,(H,18,20). The number of rotatable bonds is 5. The Morgan fingerprint density at radius 3 is 2.70 bits per heavy atom. The maximum Gasteiger partial charge on any atom is 0.224 e. The highest BCUT2D eigenvalue weighted by atomic mass is 16.3. The summed E-state index contributed by atoms with van der Waals surface area (Å²) in [5.74, 6) is 0.190. The third-order valence-electron chi connectivity index (χ3n) is 4.28. The van der Waals surface area contributed by atoms with Crippen LogP contribution in [0.25, 0.3) is 0 Å². The minimum absolute atomic E-state index is 0.00556. The number of hydrogen-bond acceptors (Lipinski definition) is 3. The number of amides is 1. The van der Waals surface area contributed by atoms with Crippen LogP contribution in [0.1, 0.15) is 37.7 Å². The van der Waals surface area contributed by atoms with Crippen LogP contribution in [0.4, 0.5) is 0 Å². The first-order valence-corrected chi connectivity index (χ1v) is 7.38. The van der Waals surface area contributed by atoms with Gasteiger partial charge in [-0.25, -0.2) is 0 Å². The molecular weight excluding hydrogens is 252 g/mol. The SMILES string of the molecule is NCC1(CNC(=O)Cc2cccc(O)c2)CCCCC1.